The van der Waals surface area contributed by atoms with Gasteiger partial charge in [0.25, 0.3) is 0 Å². The number of hydrogen-bond donors (Lipinski definition) is 1. The fraction of sp³-hybridized carbons (Fsp3) is 1.00. The number of rotatable bonds is 0. The first-order chi connectivity index (χ1) is 6.16. The maximum absolute atomic E-state index is 4.50. The molecular formula is C11H16ClFeN. The van der Waals surface area contributed by atoms with Crippen molar-refractivity contribution in [3.8, 4) is 0 Å². The molecule has 2 N–H and O–H groups in total. The minimum absolute atomic E-state index is 0. The molecule has 0 aliphatic carbocycles. The monoisotopic (exact) mass is 253 g/mol. The molecule has 0 amide bonds. The first-order valence-electron chi connectivity index (χ1n) is 5.95. The molecule has 0 saturated carbocycles. The molecule has 1 spiro atoms. The van der Waals surface area contributed by atoms with Crippen LogP contribution in [-0.2, 0) is 6.51 Å². The van der Waals surface area contributed by atoms with Crippen LogP contribution in [0.2, 0.25) is 48.2 Å². The summed E-state index contributed by atoms with van der Waals surface area (Å²) in [5, 5.41) is 0. The van der Waals surface area contributed by atoms with Gasteiger partial charge in [0.1, 0.15) is 0 Å². The van der Waals surface area contributed by atoms with Crippen molar-refractivity contribution in [1.82, 2.24) is 0 Å². The Balaban J connectivity index is 0.000000157. The summed E-state index contributed by atoms with van der Waals surface area (Å²) in [6.45, 7) is -2.28. The van der Waals surface area contributed by atoms with Crippen LogP contribution in [-0.4, -0.2) is 7.05 Å². The van der Waals surface area contributed by atoms with E-state index in [-0.39, 0.29) is 12.4 Å². The van der Waals surface area contributed by atoms with Crippen LogP contribution >= 0.6 is 12.4 Å². The fourth-order valence-electron chi connectivity index (χ4n) is 15.8. The molecule has 10 aliphatic heterocycles. The van der Waals surface area contributed by atoms with Gasteiger partial charge in [-0.3, -0.25) is 0 Å². The van der Waals surface area contributed by atoms with Crippen molar-refractivity contribution in [3.63, 3.8) is 0 Å². The molecule has 3 heteroatoms. The fourth-order valence-corrected chi connectivity index (χ4v) is 88.0. The van der Waals surface area contributed by atoms with Crippen molar-refractivity contribution in [1.29, 1.82) is 0 Å². The Labute approximate surface area is 79.9 Å². The van der Waals surface area contributed by atoms with E-state index in [4.69, 9.17) is 0 Å². The third-order valence-electron chi connectivity index (χ3n) is 14.5. The zero-order chi connectivity index (χ0) is 8.09. The molecule has 0 unspecified atom stereocenters. The van der Waals surface area contributed by atoms with Crippen LogP contribution in [0, 0.1) is 0 Å². The topological polar surface area (TPSA) is 26.0 Å². The van der Waals surface area contributed by atoms with Crippen LogP contribution in [0.5, 0.6) is 0 Å². The molecule has 10 saturated heterocycles. The number of halogens is 1. The number of fused-ring (bicyclic) bond motifs is 10. The summed E-state index contributed by atoms with van der Waals surface area (Å²) in [5.74, 6) is 0. The van der Waals surface area contributed by atoms with Gasteiger partial charge in [-0.05, 0) is 7.05 Å². The quantitative estimate of drug-likeness (QED) is 0.658. The van der Waals surface area contributed by atoms with Gasteiger partial charge in [0.2, 0.25) is 0 Å². The van der Waals surface area contributed by atoms with E-state index < -0.39 is 6.51 Å². The third kappa shape index (κ3) is 0.0439. The summed E-state index contributed by atoms with van der Waals surface area (Å²) in [6, 6.07) is 0. The number of nitrogens with two attached hydrogens (primary N) is 1. The summed E-state index contributed by atoms with van der Waals surface area (Å²) < 4.78 is 0. The number of hydrogen-bond acceptors (Lipinski definition) is 1. The van der Waals surface area contributed by atoms with Gasteiger partial charge in [0.05, 0.1) is 0 Å². The van der Waals surface area contributed by atoms with Gasteiger partial charge < -0.3 is 5.73 Å². The van der Waals surface area contributed by atoms with E-state index in [1.807, 2.05) is 0 Å². The SMILES string of the molecule is CN.Cl.[CH]12[CH]3[CH]4[CH]5[CH]1[Fe]23451678[CH]2[CH]1[CH]6[CH]7[CH]28. The Morgan fingerprint density at radius 1 is 0.571 bits per heavy atom. The zero-order valence-corrected chi connectivity index (χ0v) is 10.0. The molecule has 10 aliphatic rings. The summed E-state index contributed by atoms with van der Waals surface area (Å²) in [7, 11) is 1.50. The first-order valence-corrected chi connectivity index (χ1v) is 12.3. The average Bonchev–Trinajstić information content (AvgIpc) is 3.15. The van der Waals surface area contributed by atoms with E-state index in [0.717, 1.165) is 0 Å². The summed E-state index contributed by atoms with van der Waals surface area (Å²) in [6.07, 6.45) is 0. The predicted octanol–water partition coefficient (Wildman–Crippen LogP) is 3.37. The molecule has 0 bridgehead atoms. The molecule has 14 heavy (non-hydrogen) atoms. The summed E-state index contributed by atoms with van der Waals surface area (Å²) in [4.78, 5) is 15.9. The Bertz CT molecular complexity index is 583. The van der Waals surface area contributed by atoms with E-state index in [2.05, 4.69) is 5.73 Å². The molecule has 10 fully saturated rings. The Kier molecular flexibility index (Phi) is 0.165. The maximum atomic E-state index is 4.50. The second-order valence-electron chi connectivity index (χ2n) is 9.58. The molecule has 0 aromatic heterocycles. The van der Waals surface area contributed by atoms with Gasteiger partial charge in [-0.15, -0.1) is 12.4 Å². The Morgan fingerprint density at radius 3 is 0.714 bits per heavy atom. The van der Waals surface area contributed by atoms with Crippen LogP contribution in [0.1, 0.15) is 0 Å². The Morgan fingerprint density at radius 2 is 0.714 bits per heavy atom. The van der Waals surface area contributed by atoms with Crippen LogP contribution in [0.3, 0.4) is 0 Å². The molecule has 0 atom stereocenters. The van der Waals surface area contributed by atoms with E-state index in [0.29, 0.717) is 0 Å². The van der Waals surface area contributed by atoms with E-state index in [1.54, 1.807) is 48.2 Å². The molecule has 0 radical (unpaired) electrons. The summed E-state index contributed by atoms with van der Waals surface area (Å²) in [5.41, 5.74) is 4.50. The van der Waals surface area contributed by atoms with Gasteiger partial charge in [0, 0.05) is 0 Å². The molecule has 0 aromatic rings. The molecule has 80 valence electrons. The molecule has 0 aromatic carbocycles. The van der Waals surface area contributed by atoms with Crippen molar-refractivity contribution in [3.05, 3.63) is 0 Å². The van der Waals surface area contributed by atoms with Gasteiger partial charge in [-0.2, -0.15) is 0 Å². The second kappa shape index (κ2) is 0.391. The van der Waals surface area contributed by atoms with Crippen molar-refractivity contribution < 1.29 is 6.51 Å². The standard InChI is InChI=1S/2C5H5.CH5N.ClH.Fe/c2*1-2-4-5-3-1;1-2;;/h2*1-5H;2H2,1H3;1H;. The van der Waals surface area contributed by atoms with Gasteiger partial charge in [0.15, 0.2) is 0 Å². The van der Waals surface area contributed by atoms with Crippen molar-refractivity contribution in [2.24, 2.45) is 5.73 Å². The Hall–Kier alpha value is 0.769. The predicted molar refractivity (Wildman–Crippen MR) is 54.9 cm³/mol. The van der Waals surface area contributed by atoms with E-state index in [9.17, 15) is 0 Å². The van der Waals surface area contributed by atoms with E-state index in [1.165, 1.54) is 7.05 Å². The van der Waals surface area contributed by atoms with Crippen LogP contribution in [0.15, 0.2) is 0 Å². The molecule has 10 rings (SSSR count). The van der Waals surface area contributed by atoms with Gasteiger partial charge in [-0.1, -0.05) is 0 Å². The third-order valence-corrected chi connectivity index (χ3v) is 56.5. The van der Waals surface area contributed by atoms with Crippen molar-refractivity contribution >= 4 is 12.4 Å². The molecule has 1 nitrogen and oxygen atoms in total. The zero-order valence-electron chi connectivity index (χ0n) is 8.11. The van der Waals surface area contributed by atoms with E-state index >= 15 is 0 Å². The van der Waals surface area contributed by atoms with Gasteiger partial charge in [-0.25, -0.2) is 0 Å². The van der Waals surface area contributed by atoms with Crippen LogP contribution < -0.4 is 5.73 Å². The first kappa shape index (κ1) is 5.91. The van der Waals surface area contributed by atoms with Crippen LogP contribution in [0.25, 0.3) is 0 Å². The van der Waals surface area contributed by atoms with Crippen molar-refractivity contribution in [2.75, 3.05) is 7.05 Å². The summed E-state index contributed by atoms with van der Waals surface area (Å²) >= 11 is 0. The van der Waals surface area contributed by atoms with Crippen molar-refractivity contribution in [2.45, 2.75) is 48.2 Å². The normalized spacial score (nSPS) is 135. The average molecular weight is 254 g/mol. The molecular weight excluding hydrogens is 237 g/mol. The molecule has 10 heterocycles. The minimum atomic E-state index is -2.28. The van der Waals surface area contributed by atoms with Crippen LogP contribution in [0.4, 0.5) is 0 Å². The van der Waals surface area contributed by atoms with Gasteiger partial charge >= 0.3 is 54.7 Å². The second-order valence-corrected chi connectivity index (χ2v) is 33.5.